The predicted molar refractivity (Wildman–Crippen MR) is 99.7 cm³/mol. The molecule has 4 rings (SSSR count). The number of anilines is 1. The van der Waals surface area contributed by atoms with Gasteiger partial charge in [0.15, 0.2) is 0 Å². The molecule has 0 bridgehead atoms. The molecule has 0 amide bonds. The van der Waals surface area contributed by atoms with Crippen molar-refractivity contribution >= 4 is 16.6 Å². The third-order valence-electron chi connectivity index (χ3n) is 4.79. The molecule has 1 aromatic heterocycles. The van der Waals surface area contributed by atoms with Gasteiger partial charge in [0.05, 0.1) is 11.2 Å². The summed E-state index contributed by atoms with van der Waals surface area (Å²) in [7, 11) is 0. The second-order valence-electron chi connectivity index (χ2n) is 6.72. The zero-order chi connectivity index (χ0) is 20.1. The molecule has 3 aromatic rings. The Labute approximate surface area is 157 Å². The number of phenolic OH excluding ortho intramolecular Hbond substituents is 1. The van der Waals surface area contributed by atoms with Gasteiger partial charge in [-0.25, -0.2) is 0 Å². The first-order chi connectivity index (χ1) is 13.3. The van der Waals surface area contributed by atoms with Crippen LogP contribution in [0.3, 0.4) is 0 Å². The number of aromatic hydroxyl groups is 1. The monoisotopic (exact) mass is 390 g/mol. The number of aryl methyl sites for hydroxylation is 1. The lowest BCUT2D eigenvalue weighted by Crippen LogP contribution is -2.34. The molecule has 2 N–H and O–H groups in total. The average molecular weight is 390 g/mol. The second kappa shape index (κ2) is 6.47. The predicted octanol–water partition coefficient (Wildman–Crippen LogP) is 3.64. The summed E-state index contributed by atoms with van der Waals surface area (Å²) in [5, 5.41) is 13.5. The first kappa shape index (κ1) is 18.2. The number of phenols is 1. The third-order valence-corrected chi connectivity index (χ3v) is 4.79. The van der Waals surface area contributed by atoms with Crippen LogP contribution >= 0.6 is 0 Å². The quantitative estimate of drug-likeness (QED) is 0.717. The number of hydrogen-bond donors (Lipinski definition) is 2. The summed E-state index contributed by atoms with van der Waals surface area (Å²) in [5.74, 6) is 0.121. The summed E-state index contributed by atoms with van der Waals surface area (Å²) in [6.07, 6.45) is -4.16. The number of nitrogens with zero attached hydrogens (tertiary/aromatic N) is 1. The van der Waals surface area contributed by atoms with E-state index in [1.165, 1.54) is 0 Å². The van der Waals surface area contributed by atoms with E-state index in [2.05, 4.69) is 5.32 Å². The highest BCUT2D eigenvalue weighted by Gasteiger charge is 2.31. The average Bonchev–Trinajstić information content (AvgIpc) is 3.10. The normalized spacial score (nSPS) is 13.4. The number of pyridine rings is 1. The van der Waals surface area contributed by atoms with Crippen molar-refractivity contribution in [3.8, 4) is 16.9 Å². The SMILES string of the molecule is Cc1cc(O)ccc1-c1cccc2c1c1c(c(=O)n2OCC(F)(F)F)CCN1. The van der Waals surface area contributed by atoms with Crippen molar-refractivity contribution in [3.63, 3.8) is 0 Å². The molecule has 0 unspecified atom stereocenters. The number of benzene rings is 2. The van der Waals surface area contributed by atoms with E-state index in [1.807, 2.05) is 13.0 Å². The molecule has 1 aliphatic heterocycles. The van der Waals surface area contributed by atoms with Gasteiger partial charge in [-0.1, -0.05) is 18.2 Å². The van der Waals surface area contributed by atoms with E-state index in [-0.39, 0.29) is 11.3 Å². The van der Waals surface area contributed by atoms with Crippen molar-refractivity contribution in [3.05, 3.63) is 57.9 Å². The Bertz CT molecular complexity index is 1140. The highest BCUT2D eigenvalue weighted by atomic mass is 19.4. The molecular formula is C20H17F3N2O3. The van der Waals surface area contributed by atoms with E-state index in [9.17, 15) is 23.1 Å². The Morgan fingerprint density at radius 2 is 2.00 bits per heavy atom. The molecule has 2 aromatic carbocycles. The van der Waals surface area contributed by atoms with E-state index < -0.39 is 18.3 Å². The standard InChI is InChI=1S/C20H17F3N2O3/c1-11-9-12(26)5-6-13(11)14-3-2-4-16-17(14)18-15(7-8-24-18)19(27)25(16)28-10-20(21,22)23/h2-6,9,24,26H,7-8,10H2,1H3. The molecule has 0 atom stereocenters. The van der Waals surface area contributed by atoms with Crippen molar-refractivity contribution in [2.24, 2.45) is 0 Å². The van der Waals surface area contributed by atoms with Crippen LogP contribution in [0, 0.1) is 6.92 Å². The summed E-state index contributed by atoms with van der Waals surface area (Å²) < 4.78 is 38.9. The molecule has 0 aliphatic carbocycles. The second-order valence-corrected chi connectivity index (χ2v) is 6.72. The molecule has 1 aliphatic rings. The number of alkyl halides is 3. The highest BCUT2D eigenvalue weighted by Crippen LogP contribution is 2.38. The van der Waals surface area contributed by atoms with Gasteiger partial charge in [0, 0.05) is 17.5 Å². The molecule has 146 valence electrons. The van der Waals surface area contributed by atoms with Gasteiger partial charge in [0.25, 0.3) is 5.56 Å². The van der Waals surface area contributed by atoms with Gasteiger partial charge in [-0.3, -0.25) is 4.79 Å². The molecule has 0 saturated carbocycles. The lowest BCUT2D eigenvalue weighted by Gasteiger charge is -2.18. The van der Waals surface area contributed by atoms with Crippen LogP contribution in [0.1, 0.15) is 11.1 Å². The molecule has 28 heavy (non-hydrogen) atoms. The van der Waals surface area contributed by atoms with E-state index in [4.69, 9.17) is 4.84 Å². The highest BCUT2D eigenvalue weighted by molar-refractivity contribution is 6.05. The number of halogens is 3. The van der Waals surface area contributed by atoms with Crippen molar-refractivity contribution in [1.82, 2.24) is 4.73 Å². The van der Waals surface area contributed by atoms with Gasteiger partial charge >= 0.3 is 6.18 Å². The van der Waals surface area contributed by atoms with Crippen molar-refractivity contribution in [1.29, 1.82) is 0 Å². The zero-order valence-corrected chi connectivity index (χ0v) is 14.9. The molecule has 0 radical (unpaired) electrons. The fourth-order valence-corrected chi connectivity index (χ4v) is 3.64. The molecule has 8 heteroatoms. The Hall–Kier alpha value is -3.16. The van der Waals surface area contributed by atoms with Gasteiger partial charge in [-0.15, -0.1) is 4.73 Å². The fourth-order valence-electron chi connectivity index (χ4n) is 3.64. The van der Waals surface area contributed by atoms with Crippen LogP contribution in [0.5, 0.6) is 5.75 Å². The Morgan fingerprint density at radius 3 is 2.71 bits per heavy atom. The number of aromatic nitrogens is 1. The molecule has 5 nitrogen and oxygen atoms in total. The van der Waals surface area contributed by atoms with Crippen LogP contribution in [0.25, 0.3) is 22.0 Å². The topological polar surface area (TPSA) is 63.5 Å². The molecular weight excluding hydrogens is 373 g/mol. The smallest absolute Gasteiger partial charge is 0.425 e. The number of rotatable bonds is 3. The molecule has 0 fully saturated rings. The maximum atomic E-state index is 12.7. The molecule has 0 spiro atoms. The van der Waals surface area contributed by atoms with E-state index in [0.717, 1.165) is 21.4 Å². The molecule has 2 heterocycles. The van der Waals surface area contributed by atoms with E-state index >= 15 is 0 Å². The summed E-state index contributed by atoms with van der Waals surface area (Å²) in [6.45, 7) is 0.792. The largest absolute Gasteiger partial charge is 0.508 e. The van der Waals surface area contributed by atoms with E-state index in [0.29, 0.717) is 29.6 Å². The Kier molecular flexibility index (Phi) is 4.21. The lowest BCUT2D eigenvalue weighted by atomic mass is 9.95. The maximum absolute atomic E-state index is 12.7. The number of hydrogen-bond acceptors (Lipinski definition) is 4. The van der Waals surface area contributed by atoms with Crippen molar-refractivity contribution in [2.75, 3.05) is 18.5 Å². The van der Waals surface area contributed by atoms with Crippen LogP contribution < -0.4 is 15.7 Å². The van der Waals surface area contributed by atoms with Crippen molar-refractivity contribution < 1.29 is 23.1 Å². The van der Waals surface area contributed by atoms with Gasteiger partial charge in [-0.05, 0) is 48.2 Å². The maximum Gasteiger partial charge on any atom is 0.425 e. The number of nitrogens with one attached hydrogen (secondary N) is 1. The van der Waals surface area contributed by atoms with Gasteiger partial charge < -0.3 is 15.3 Å². The third kappa shape index (κ3) is 3.04. The lowest BCUT2D eigenvalue weighted by molar-refractivity contribution is -0.174. The summed E-state index contributed by atoms with van der Waals surface area (Å²) >= 11 is 0. The van der Waals surface area contributed by atoms with Gasteiger partial charge in [0.1, 0.15) is 5.75 Å². The zero-order valence-electron chi connectivity index (χ0n) is 14.9. The minimum Gasteiger partial charge on any atom is -0.508 e. The van der Waals surface area contributed by atoms with Crippen molar-refractivity contribution in [2.45, 2.75) is 19.5 Å². The summed E-state index contributed by atoms with van der Waals surface area (Å²) in [4.78, 5) is 17.6. The number of fused-ring (bicyclic) bond motifs is 3. The summed E-state index contributed by atoms with van der Waals surface area (Å²) in [6, 6.07) is 9.96. The van der Waals surface area contributed by atoms with Crippen LogP contribution in [-0.2, 0) is 6.42 Å². The minimum atomic E-state index is -4.56. The van der Waals surface area contributed by atoms with Gasteiger partial charge in [-0.2, -0.15) is 13.2 Å². The first-order valence-corrected chi connectivity index (χ1v) is 8.71. The first-order valence-electron chi connectivity index (χ1n) is 8.71. The molecule has 0 saturated heterocycles. The van der Waals surface area contributed by atoms with Gasteiger partial charge in [0.2, 0.25) is 6.61 Å². The fraction of sp³-hybridized carbons (Fsp3) is 0.250. The van der Waals surface area contributed by atoms with Crippen LogP contribution in [0.2, 0.25) is 0 Å². The Morgan fingerprint density at radius 1 is 1.21 bits per heavy atom. The van der Waals surface area contributed by atoms with Crippen LogP contribution in [0.15, 0.2) is 41.2 Å². The van der Waals surface area contributed by atoms with Crippen LogP contribution in [-0.4, -0.2) is 29.2 Å². The Balaban J connectivity index is 2.02. The minimum absolute atomic E-state index is 0.121. The summed E-state index contributed by atoms with van der Waals surface area (Å²) in [5.41, 5.74) is 3.04. The van der Waals surface area contributed by atoms with E-state index in [1.54, 1.807) is 30.3 Å². The van der Waals surface area contributed by atoms with Crippen LogP contribution in [0.4, 0.5) is 18.9 Å².